The lowest BCUT2D eigenvalue weighted by Crippen LogP contribution is -2.16. The summed E-state index contributed by atoms with van der Waals surface area (Å²) >= 11 is 1.96. The molecule has 5 heteroatoms. The molecule has 0 heterocycles. The molecule has 0 aromatic heterocycles. The topological polar surface area (TPSA) is 24.8 Å². The van der Waals surface area contributed by atoms with Crippen molar-refractivity contribution in [3.8, 4) is 11.5 Å². The van der Waals surface area contributed by atoms with Crippen molar-refractivity contribution in [1.82, 2.24) is 4.90 Å². The van der Waals surface area contributed by atoms with Gasteiger partial charge in [0, 0.05) is 13.6 Å². The van der Waals surface area contributed by atoms with Gasteiger partial charge in [0.2, 0.25) is 0 Å². The molecule has 0 spiro atoms. The first-order valence-electron chi connectivity index (χ1n) is 7.89. The summed E-state index contributed by atoms with van der Waals surface area (Å²) in [5.74, 6) is 1.15. The van der Waals surface area contributed by atoms with Crippen LogP contribution in [-0.2, 0) is 0 Å². The number of aryl methyl sites for hydroxylation is 2. The van der Waals surface area contributed by atoms with E-state index in [1.54, 1.807) is 12.1 Å². The number of hydrogen-bond acceptors (Lipinski definition) is 2. The predicted molar refractivity (Wildman–Crippen MR) is 106 cm³/mol. The zero-order chi connectivity index (χ0) is 17.7. The van der Waals surface area contributed by atoms with Crippen LogP contribution in [0.25, 0.3) is 0 Å². The van der Waals surface area contributed by atoms with Gasteiger partial charge < -0.3 is 9.64 Å². The Morgan fingerprint density at radius 2 is 1.96 bits per heavy atom. The second-order valence-corrected chi connectivity index (χ2v) is 6.97. The van der Waals surface area contributed by atoms with Crippen LogP contribution >= 0.6 is 22.6 Å². The molecule has 0 amide bonds. The molecule has 0 N–H and O–H groups in total. The highest BCUT2D eigenvalue weighted by atomic mass is 127. The molecule has 0 aliphatic carbocycles. The molecule has 0 fully saturated rings. The summed E-state index contributed by atoms with van der Waals surface area (Å²) in [5.41, 5.74) is 2.95. The minimum absolute atomic E-state index is 0.239. The van der Waals surface area contributed by atoms with Gasteiger partial charge in [-0.1, -0.05) is 6.92 Å². The van der Waals surface area contributed by atoms with E-state index in [4.69, 9.17) is 4.74 Å². The third-order valence-corrected chi connectivity index (χ3v) is 4.41. The van der Waals surface area contributed by atoms with E-state index in [0.29, 0.717) is 9.32 Å². The summed E-state index contributed by atoms with van der Waals surface area (Å²) in [4.78, 5) is 6.62. The normalized spacial score (nSPS) is 11.1. The SMILES string of the molecule is CCCN(C)/C=N/c1cc(C)c(Oc2ccc(F)c(I)c2)cc1C. The Morgan fingerprint density at radius 3 is 2.62 bits per heavy atom. The highest BCUT2D eigenvalue weighted by Gasteiger charge is 2.08. The van der Waals surface area contributed by atoms with E-state index < -0.39 is 0 Å². The molecule has 0 saturated heterocycles. The first-order chi connectivity index (χ1) is 11.4. The molecule has 0 radical (unpaired) electrons. The maximum absolute atomic E-state index is 13.4. The lowest BCUT2D eigenvalue weighted by Gasteiger charge is -2.13. The van der Waals surface area contributed by atoms with Crippen LogP contribution in [0.4, 0.5) is 10.1 Å². The Morgan fingerprint density at radius 1 is 1.21 bits per heavy atom. The predicted octanol–water partition coefficient (Wildman–Crippen LogP) is 5.84. The maximum atomic E-state index is 13.4. The summed E-state index contributed by atoms with van der Waals surface area (Å²) in [7, 11) is 2.02. The van der Waals surface area contributed by atoms with Crippen LogP contribution in [0.15, 0.2) is 35.3 Å². The molecular weight excluding hydrogens is 418 g/mol. The van der Waals surface area contributed by atoms with Gasteiger partial charge in [-0.2, -0.15) is 0 Å². The molecule has 0 aliphatic heterocycles. The largest absolute Gasteiger partial charge is 0.457 e. The van der Waals surface area contributed by atoms with Crippen LogP contribution in [0.1, 0.15) is 24.5 Å². The zero-order valence-corrected chi connectivity index (χ0v) is 16.6. The van der Waals surface area contributed by atoms with Crippen LogP contribution in [0.3, 0.4) is 0 Å². The minimum atomic E-state index is -0.239. The van der Waals surface area contributed by atoms with Gasteiger partial charge in [0.1, 0.15) is 17.3 Å². The number of halogens is 2. The Hall–Kier alpha value is -1.63. The van der Waals surface area contributed by atoms with Crippen molar-refractivity contribution in [2.45, 2.75) is 27.2 Å². The van der Waals surface area contributed by atoms with Crippen molar-refractivity contribution in [2.75, 3.05) is 13.6 Å². The Balaban J connectivity index is 2.21. The highest BCUT2D eigenvalue weighted by molar-refractivity contribution is 14.1. The number of ether oxygens (including phenoxy) is 1. The molecule has 128 valence electrons. The van der Waals surface area contributed by atoms with Crippen molar-refractivity contribution >= 4 is 34.6 Å². The van der Waals surface area contributed by atoms with Crippen molar-refractivity contribution in [3.63, 3.8) is 0 Å². The Bertz CT molecular complexity index is 746. The fraction of sp³-hybridized carbons (Fsp3) is 0.316. The molecule has 0 saturated carbocycles. The molecule has 0 aliphatic rings. The smallest absolute Gasteiger partial charge is 0.136 e. The molecular formula is C19H22FIN2O. The Kier molecular flexibility index (Phi) is 6.60. The summed E-state index contributed by atoms with van der Waals surface area (Å²) in [6, 6.07) is 8.73. The van der Waals surface area contributed by atoms with Crippen molar-refractivity contribution < 1.29 is 9.13 Å². The van der Waals surface area contributed by atoms with Crippen LogP contribution < -0.4 is 4.74 Å². The van der Waals surface area contributed by atoms with Crippen LogP contribution in [0.2, 0.25) is 0 Å². The number of hydrogen-bond donors (Lipinski definition) is 0. The summed E-state index contributed by atoms with van der Waals surface area (Å²) in [5, 5.41) is 0. The van der Waals surface area contributed by atoms with Crippen molar-refractivity contribution in [2.24, 2.45) is 4.99 Å². The number of rotatable bonds is 6. The van der Waals surface area contributed by atoms with Gasteiger partial charge in [0.25, 0.3) is 0 Å². The van der Waals surface area contributed by atoms with Gasteiger partial charge in [0.15, 0.2) is 0 Å². The lowest BCUT2D eigenvalue weighted by molar-refractivity contribution is 0.475. The van der Waals surface area contributed by atoms with Gasteiger partial charge in [-0.25, -0.2) is 9.38 Å². The van der Waals surface area contributed by atoms with Crippen LogP contribution in [0, 0.1) is 23.2 Å². The third-order valence-electron chi connectivity index (χ3n) is 3.58. The lowest BCUT2D eigenvalue weighted by atomic mass is 10.1. The monoisotopic (exact) mass is 440 g/mol. The van der Waals surface area contributed by atoms with Crippen molar-refractivity contribution in [1.29, 1.82) is 0 Å². The third kappa shape index (κ3) is 4.93. The molecule has 0 atom stereocenters. The number of benzene rings is 2. The van der Waals surface area contributed by atoms with Crippen LogP contribution in [0.5, 0.6) is 11.5 Å². The molecule has 0 bridgehead atoms. The fourth-order valence-electron chi connectivity index (χ4n) is 2.26. The fourth-order valence-corrected chi connectivity index (χ4v) is 2.75. The van der Waals surface area contributed by atoms with Gasteiger partial charge in [0.05, 0.1) is 15.6 Å². The average Bonchev–Trinajstić information content (AvgIpc) is 2.53. The number of nitrogens with zero attached hydrogens (tertiary/aromatic N) is 2. The molecule has 24 heavy (non-hydrogen) atoms. The maximum Gasteiger partial charge on any atom is 0.136 e. The highest BCUT2D eigenvalue weighted by Crippen LogP contribution is 2.32. The van der Waals surface area contributed by atoms with E-state index in [2.05, 4.69) is 16.8 Å². The molecule has 0 unspecified atom stereocenters. The van der Waals surface area contributed by atoms with Gasteiger partial charge in [-0.15, -0.1) is 0 Å². The van der Waals surface area contributed by atoms with Crippen LogP contribution in [-0.4, -0.2) is 24.8 Å². The van der Waals surface area contributed by atoms with E-state index in [0.717, 1.165) is 35.5 Å². The minimum Gasteiger partial charge on any atom is -0.457 e. The standard InChI is InChI=1S/C19H22FIN2O/c1-5-8-23(4)12-22-18-9-14(3)19(10-13(18)2)24-15-6-7-16(20)17(21)11-15/h6-7,9-12H,5,8H2,1-4H3/b22-12+. The van der Waals surface area contributed by atoms with Gasteiger partial charge in [-0.05, 0) is 84.3 Å². The van der Waals surface area contributed by atoms with Crippen molar-refractivity contribution in [3.05, 3.63) is 50.8 Å². The summed E-state index contributed by atoms with van der Waals surface area (Å²) < 4.78 is 19.8. The molecule has 2 aromatic rings. The summed E-state index contributed by atoms with van der Waals surface area (Å²) in [6.07, 6.45) is 2.94. The van der Waals surface area contributed by atoms with E-state index in [-0.39, 0.29) is 5.82 Å². The Labute approximate surface area is 156 Å². The van der Waals surface area contributed by atoms with E-state index >= 15 is 0 Å². The molecule has 2 aromatic carbocycles. The summed E-state index contributed by atoms with van der Waals surface area (Å²) in [6.45, 7) is 7.11. The van der Waals surface area contributed by atoms with Gasteiger partial charge >= 0.3 is 0 Å². The first kappa shape index (κ1) is 18.7. The quantitative estimate of drug-likeness (QED) is 0.320. The second-order valence-electron chi connectivity index (χ2n) is 5.81. The van der Waals surface area contributed by atoms with E-state index in [1.165, 1.54) is 6.07 Å². The van der Waals surface area contributed by atoms with E-state index in [1.807, 2.05) is 62.0 Å². The second kappa shape index (κ2) is 8.46. The zero-order valence-electron chi connectivity index (χ0n) is 14.4. The molecule has 3 nitrogen and oxygen atoms in total. The average molecular weight is 440 g/mol. The number of aliphatic imine (C=N–C) groups is 1. The van der Waals surface area contributed by atoms with Gasteiger partial charge in [-0.3, -0.25) is 0 Å². The van der Waals surface area contributed by atoms with E-state index in [9.17, 15) is 4.39 Å². The molecule has 2 rings (SSSR count). The first-order valence-corrected chi connectivity index (χ1v) is 8.97.